The topological polar surface area (TPSA) is 115 Å². The lowest BCUT2D eigenvalue weighted by atomic mass is 10.3. The molecule has 1 amide bonds. The van der Waals surface area contributed by atoms with Crippen molar-refractivity contribution in [1.29, 1.82) is 0 Å². The summed E-state index contributed by atoms with van der Waals surface area (Å²) in [5.41, 5.74) is 0.278. The summed E-state index contributed by atoms with van der Waals surface area (Å²) in [4.78, 5) is 24.2. The minimum Gasteiger partial charge on any atom is -0.457 e. The zero-order valence-corrected chi connectivity index (χ0v) is 16.0. The molecule has 1 N–H and O–H groups in total. The lowest BCUT2D eigenvalue weighted by molar-refractivity contribution is -0.123. The number of amides is 1. The van der Waals surface area contributed by atoms with Crippen molar-refractivity contribution >= 4 is 27.6 Å². The molecule has 1 aliphatic rings. The van der Waals surface area contributed by atoms with Crippen LogP contribution >= 0.6 is 0 Å². The molecule has 1 aliphatic heterocycles. The Morgan fingerprint density at radius 1 is 1.18 bits per heavy atom. The average Bonchev–Trinajstić information content (AvgIpc) is 3.24. The first-order valence-electron chi connectivity index (χ1n) is 8.61. The average molecular weight is 408 g/mol. The highest BCUT2D eigenvalue weighted by molar-refractivity contribution is 7.89. The molecular formula is C18H20N2O7S. The number of nitrogens with one attached hydrogen (secondary N) is 1. The first-order chi connectivity index (χ1) is 13.4. The van der Waals surface area contributed by atoms with Crippen molar-refractivity contribution in [2.24, 2.45) is 0 Å². The van der Waals surface area contributed by atoms with E-state index < -0.39 is 28.0 Å². The number of hydrogen-bond acceptors (Lipinski definition) is 7. The number of nitrogens with zero attached hydrogens (tertiary/aromatic N) is 1. The largest absolute Gasteiger partial charge is 0.457 e. The Labute approximate surface area is 162 Å². The maximum absolute atomic E-state index is 12.7. The van der Waals surface area contributed by atoms with Gasteiger partial charge in [0.25, 0.3) is 5.91 Å². The van der Waals surface area contributed by atoms with E-state index in [2.05, 4.69) is 5.32 Å². The third kappa shape index (κ3) is 4.58. The second-order valence-electron chi connectivity index (χ2n) is 6.06. The van der Waals surface area contributed by atoms with Crippen molar-refractivity contribution in [3.05, 3.63) is 48.4 Å². The smallest absolute Gasteiger partial charge is 0.374 e. The van der Waals surface area contributed by atoms with Crippen LogP contribution in [-0.4, -0.2) is 57.0 Å². The van der Waals surface area contributed by atoms with Gasteiger partial charge in [0.05, 0.1) is 24.4 Å². The number of sulfonamides is 1. The Kier molecular flexibility index (Phi) is 6.12. The molecule has 9 nitrogen and oxygen atoms in total. The van der Waals surface area contributed by atoms with E-state index >= 15 is 0 Å². The summed E-state index contributed by atoms with van der Waals surface area (Å²) in [7, 11) is -3.68. The van der Waals surface area contributed by atoms with Gasteiger partial charge < -0.3 is 19.2 Å². The van der Waals surface area contributed by atoms with Crippen LogP contribution in [0, 0.1) is 0 Å². The van der Waals surface area contributed by atoms with Gasteiger partial charge >= 0.3 is 5.97 Å². The molecule has 0 radical (unpaired) electrons. The Bertz CT molecular complexity index is 935. The van der Waals surface area contributed by atoms with E-state index in [9.17, 15) is 18.0 Å². The Morgan fingerprint density at radius 2 is 1.93 bits per heavy atom. The van der Waals surface area contributed by atoms with Crippen LogP contribution in [0.2, 0.25) is 0 Å². The summed E-state index contributed by atoms with van der Waals surface area (Å²) in [5, 5.41) is 2.55. The van der Waals surface area contributed by atoms with E-state index in [0.29, 0.717) is 13.2 Å². The molecule has 1 fully saturated rings. The zero-order chi connectivity index (χ0) is 20.1. The summed E-state index contributed by atoms with van der Waals surface area (Å²) < 4.78 is 41.9. The Hall–Kier alpha value is -2.69. The van der Waals surface area contributed by atoms with Crippen molar-refractivity contribution in [3.63, 3.8) is 0 Å². The molecule has 2 heterocycles. The molecule has 0 unspecified atom stereocenters. The Morgan fingerprint density at radius 3 is 2.61 bits per heavy atom. The minimum atomic E-state index is -3.68. The van der Waals surface area contributed by atoms with E-state index in [1.165, 1.54) is 47.8 Å². The standard InChI is InChI=1S/C18H20N2O7S/c1-13(27-18(22)16-6-3-9-26-16)17(21)19-14-4-2-5-15(12-14)28(23,24)20-7-10-25-11-8-20/h2-6,9,12-13H,7-8,10-11H2,1H3,(H,19,21)/t13-/m0/s1. The molecule has 0 bridgehead atoms. The van der Waals surface area contributed by atoms with Crippen LogP contribution in [0.3, 0.4) is 0 Å². The fraction of sp³-hybridized carbons (Fsp3) is 0.333. The van der Waals surface area contributed by atoms with Gasteiger partial charge in [-0.25, -0.2) is 13.2 Å². The molecule has 1 atom stereocenters. The lowest BCUT2D eigenvalue weighted by Gasteiger charge is -2.26. The van der Waals surface area contributed by atoms with Gasteiger partial charge in [0.1, 0.15) is 0 Å². The van der Waals surface area contributed by atoms with Gasteiger partial charge in [-0.1, -0.05) is 6.07 Å². The monoisotopic (exact) mass is 408 g/mol. The van der Waals surface area contributed by atoms with E-state index in [0.717, 1.165) is 0 Å². The quantitative estimate of drug-likeness (QED) is 0.720. The zero-order valence-electron chi connectivity index (χ0n) is 15.2. The van der Waals surface area contributed by atoms with Gasteiger partial charge in [0, 0.05) is 18.8 Å². The van der Waals surface area contributed by atoms with Gasteiger partial charge in [0.2, 0.25) is 15.8 Å². The first-order valence-corrected chi connectivity index (χ1v) is 10.1. The SMILES string of the molecule is C[C@H](OC(=O)c1ccco1)C(=O)Nc1cccc(S(=O)(=O)N2CCOCC2)c1. The number of furan rings is 1. The number of hydrogen-bond donors (Lipinski definition) is 1. The van der Waals surface area contributed by atoms with E-state index in [1.807, 2.05) is 0 Å². The molecule has 0 aliphatic carbocycles. The summed E-state index contributed by atoms with van der Waals surface area (Å²) in [6, 6.07) is 8.86. The molecule has 10 heteroatoms. The molecule has 0 saturated carbocycles. The number of rotatable bonds is 6. The maximum Gasteiger partial charge on any atom is 0.374 e. The van der Waals surface area contributed by atoms with Crippen molar-refractivity contribution < 1.29 is 31.9 Å². The highest BCUT2D eigenvalue weighted by Gasteiger charge is 2.27. The molecule has 1 aromatic carbocycles. The van der Waals surface area contributed by atoms with Crippen molar-refractivity contribution in [1.82, 2.24) is 4.31 Å². The van der Waals surface area contributed by atoms with Gasteiger partial charge in [-0.3, -0.25) is 4.79 Å². The van der Waals surface area contributed by atoms with Crippen LogP contribution in [0.25, 0.3) is 0 Å². The normalized spacial score (nSPS) is 16.3. The number of benzene rings is 1. The maximum atomic E-state index is 12.7. The summed E-state index contributed by atoms with van der Waals surface area (Å²) in [6.07, 6.45) is 0.221. The number of morpholine rings is 1. The molecule has 2 aromatic rings. The summed E-state index contributed by atoms with van der Waals surface area (Å²) in [6.45, 7) is 2.64. The van der Waals surface area contributed by atoms with Gasteiger partial charge in [0.15, 0.2) is 6.10 Å². The van der Waals surface area contributed by atoms with Crippen LogP contribution in [0.15, 0.2) is 52.0 Å². The summed E-state index contributed by atoms with van der Waals surface area (Å²) in [5.74, 6) is -1.38. The molecular weight excluding hydrogens is 388 g/mol. The first kappa shape index (κ1) is 20.1. The molecule has 28 heavy (non-hydrogen) atoms. The second-order valence-corrected chi connectivity index (χ2v) is 8.00. The molecule has 1 saturated heterocycles. The fourth-order valence-electron chi connectivity index (χ4n) is 2.58. The minimum absolute atomic E-state index is 0.0155. The van der Waals surface area contributed by atoms with Crippen molar-refractivity contribution in [2.45, 2.75) is 17.9 Å². The van der Waals surface area contributed by atoms with E-state index in [1.54, 1.807) is 6.07 Å². The van der Waals surface area contributed by atoms with Crippen LogP contribution in [0.4, 0.5) is 5.69 Å². The molecule has 150 valence electrons. The molecule has 1 aromatic heterocycles. The predicted octanol–water partition coefficient (Wildman–Crippen LogP) is 1.48. The third-order valence-corrected chi connectivity index (χ3v) is 5.98. The van der Waals surface area contributed by atoms with Crippen LogP contribution in [0.1, 0.15) is 17.5 Å². The second kappa shape index (κ2) is 8.55. The Balaban J connectivity index is 1.66. The van der Waals surface area contributed by atoms with Crippen LogP contribution < -0.4 is 5.32 Å². The van der Waals surface area contributed by atoms with Gasteiger partial charge in [-0.15, -0.1) is 0 Å². The lowest BCUT2D eigenvalue weighted by Crippen LogP contribution is -2.40. The van der Waals surface area contributed by atoms with Crippen LogP contribution in [0.5, 0.6) is 0 Å². The highest BCUT2D eigenvalue weighted by atomic mass is 32.2. The van der Waals surface area contributed by atoms with E-state index in [4.69, 9.17) is 13.9 Å². The number of carbonyl (C=O) groups is 2. The number of ether oxygens (including phenoxy) is 2. The number of carbonyl (C=O) groups excluding carboxylic acids is 2. The van der Waals surface area contributed by atoms with Crippen LogP contribution in [-0.2, 0) is 24.3 Å². The van der Waals surface area contributed by atoms with Crippen molar-refractivity contribution in [2.75, 3.05) is 31.6 Å². The number of anilines is 1. The molecule has 3 rings (SSSR count). The predicted molar refractivity (Wildman–Crippen MR) is 98.2 cm³/mol. The van der Waals surface area contributed by atoms with Gasteiger partial charge in [-0.2, -0.15) is 4.31 Å². The summed E-state index contributed by atoms with van der Waals surface area (Å²) >= 11 is 0. The molecule has 0 spiro atoms. The van der Waals surface area contributed by atoms with Gasteiger partial charge in [-0.05, 0) is 37.3 Å². The number of esters is 1. The fourth-order valence-corrected chi connectivity index (χ4v) is 4.04. The van der Waals surface area contributed by atoms with Crippen molar-refractivity contribution in [3.8, 4) is 0 Å². The highest BCUT2D eigenvalue weighted by Crippen LogP contribution is 2.21. The van der Waals surface area contributed by atoms with E-state index in [-0.39, 0.29) is 29.4 Å². The third-order valence-electron chi connectivity index (χ3n) is 4.08.